The van der Waals surface area contributed by atoms with Crippen molar-refractivity contribution in [2.24, 2.45) is 4.99 Å². The van der Waals surface area contributed by atoms with Gasteiger partial charge in [0.2, 0.25) is 0 Å². The van der Waals surface area contributed by atoms with Gasteiger partial charge < -0.3 is 20.1 Å². The molecule has 0 radical (unpaired) electrons. The van der Waals surface area contributed by atoms with Crippen molar-refractivity contribution in [1.29, 1.82) is 0 Å². The first-order valence-corrected chi connectivity index (χ1v) is 8.73. The Morgan fingerprint density at radius 3 is 2.54 bits per heavy atom. The summed E-state index contributed by atoms with van der Waals surface area (Å²) in [5.41, 5.74) is 1.05. The van der Waals surface area contributed by atoms with Crippen LogP contribution in [-0.4, -0.2) is 49.7 Å². The zero-order valence-electron chi connectivity index (χ0n) is 15.8. The van der Waals surface area contributed by atoms with E-state index < -0.39 is 0 Å². The highest BCUT2D eigenvalue weighted by molar-refractivity contribution is 14.0. The quantitative estimate of drug-likeness (QED) is 0.248. The second kappa shape index (κ2) is 13.5. The summed E-state index contributed by atoms with van der Waals surface area (Å²) >= 11 is 0. The van der Waals surface area contributed by atoms with Crippen LogP contribution in [0.15, 0.2) is 15.6 Å². The first kappa shape index (κ1) is 23.2. The third kappa shape index (κ3) is 8.86. The highest BCUT2D eigenvalue weighted by atomic mass is 127. The Balaban J connectivity index is 0.00000529. The fourth-order valence-electron chi connectivity index (χ4n) is 2.40. The normalized spacial score (nSPS) is 11.7. The molecule has 1 aromatic rings. The summed E-state index contributed by atoms with van der Waals surface area (Å²) in [6.45, 7) is 9.75. The largest absolute Gasteiger partial charge is 0.359 e. The van der Waals surface area contributed by atoms with Gasteiger partial charge in [0, 0.05) is 25.1 Å². The molecule has 0 atom stereocenters. The molecule has 0 aliphatic carbocycles. The van der Waals surface area contributed by atoms with Gasteiger partial charge >= 0.3 is 0 Å². The van der Waals surface area contributed by atoms with Crippen molar-refractivity contribution >= 4 is 29.9 Å². The molecule has 0 aromatic carbocycles. The predicted octanol–water partition coefficient (Wildman–Crippen LogP) is 3.20. The minimum absolute atomic E-state index is 0. The molecule has 0 amide bonds. The van der Waals surface area contributed by atoms with Crippen molar-refractivity contribution in [1.82, 2.24) is 20.7 Å². The molecule has 0 bridgehead atoms. The van der Waals surface area contributed by atoms with Gasteiger partial charge in [-0.05, 0) is 46.8 Å². The maximum absolute atomic E-state index is 5.42. The zero-order chi connectivity index (χ0) is 17.1. The molecule has 2 N–H and O–H groups in total. The summed E-state index contributed by atoms with van der Waals surface area (Å²) in [6.07, 6.45) is 3.25. The second-order valence-corrected chi connectivity index (χ2v) is 6.01. The lowest BCUT2D eigenvalue weighted by Crippen LogP contribution is -2.38. The molecule has 1 heterocycles. The van der Waals surface area contributed by atoms with Gasteiger partial charge in [-0.15, -0.1) is 24.0 Å². The standard InChI is InChI=1S/C17H33N5O.HI/c1-6-14(7-2)16-12-15(23-21-16)13-20-17(18-8-3)19-10-9-11-22(4)5;/h12,14H,6-11,13H2,1-5H3,(H2,18,19,20);1H. The van der Waals surface area contributed by atoms with Gasteiger partial charge in [0.15, 0.2) is 11.7 Å². The van der Waals surface area contributed by atoms with E-state index in [2.05, 4.69) is 60.5 Å². The average Bonchev–Trinajstić information content (AvgIpc) is 2.99. The van der Waals surface area contributed by atoms with Gasteiger partial charge in [0.25, 0.3) is 0 Å². The predicted molar refractivity (Wildman–Crippen MR) is 111 cm³/mol. The lowest BCUT2D eigenvalue weighted by atomic mass is 9.99. The molecule has 140 valence electrons. The topological polar surface area (TPSA) is 65.7 Å². The third-order valence-corrected chi connectivity index (χ3v) is 3.79. The first-order chi connectivity index (χ1) is 11.1. The number of aromatic nitrogens is 1. The van der Waals surface area contributed by atoms with Gasteiger partial charge in [-0.2, -0.15) is 0 Å². The Morgan fingerprint density at radius 2 is 1.96 bits per heavy atom. The van der Waals surface area contributed by atoms with E-state index in [9.17, 15) is 0 Å². The summed E-state index contributed by atoms with van der Waals surface area (Å²) in [5, 5.41) is 10.8. The molecule has 24 heavy (non-hydrogen) atoms. The van der Waals surface area contributed by atoms with Gasteiger partial charge in [0.1, 0.15) is 6.54 Å². The van der Waals surface area contributed by atoms with E-state index in [0.717, 1.165) is 56.3 Å². The molecule has 0 aliphatic heterocycles. The Labute approximate surface area is 163 Å². The van der Waals surface area contributed by atoms with Crippen LogP contribution in [-0.2, 0) is 6.54 Å². The lowest BCUT2D eigenvalue weighted by molar-refractivity contribution is 0.372. The maximum Gasteiger partial charge on any atom is 0.191 e. The Morgan fingerprint density at radius 1 is 1.25 bits per heavy atom. The smallest absolute Gasteiger partial charge is 0.191 e. The van der Waals surface area contributed by atoms with Crippen molar-refractivity contribution in [3.8, 4) is 0 Å². The van der Waals surface area contributed by atoms with Gasteiger partial charge in [-0.1, -0.05) is 19.0 Å². The number of guanidine groups is 1. The van der Waals surface area contributed by atoms with Crippen LogP contribution in [0.5, 0.6) is 0 Å². The van der Waals surface area contributed by atoms with Crippen LogP contribution < -0.4 is 10.6 Å². The first-order valence-electron chi connectivity index (χ1n) is 8.73. The van der Waals surface area contributed by atoms with Crippen molar-refractivity contribution in [3.05, 3.63) is 17.5 Å². The zero-order valence-corrected chi connectivity index (χ0v) is 18.1. The molecule has 0 saturated heterocycles. The van der Waals surface area contributed by atoms with E-state index in [4.69, 9.17) is 4.52 Å². The van der Waals surface area contributed by atoms with E-state index in [-0.39, 0.29) is 24.0 Å². The highest BCUT2D eigenvalue weighted by Crippen LogP contribution is 2.22. The number of hydrogen-bond acceptors (Lipinski definition) is 4. The Bertz CT molecular complexity index is 458. The van der Waals surface area contributed by atoms with E-state index in [1.165, 1.54) is 0 Å². The number of rotatable bonds is 10. The third-order valence-electron chi connectivity index (χ3n) is 3.79. The molecule has 0 aliphatic rings. The number of hydrogen-bond donors (Lipinski definition) is 2. The van der Waals surface area contributed by atoms with Crippen molar-refractivity contribution in [2.45, 2.75) is 52.5 Å². The van der Waals surface area contributed by atoms with Crippen molar-refractivity contribution in [2.75, 3.05) is 33.7 Å². The summed E-state index contributed by atoms with van der Waals surface area (Å²) in [4.78, 5) is 6.75. The molecular formula is C17H34IN5O. The fourth-order valence-corrected chi connectivity index (χ4v) is 2.40. The molecule has 6 nitrogen and oxygen atoms in total. The van der Waals surface area contributed by atoms with Crippen LogP contribution in [0.3, 0.4) is 0 Å². The number of nitrogens with one attached hydrogen (secondary N) is 2. The molecule has 1 aromatic heterocycles. The summed E-state index contributed by atoms with van der Waals surface area (Å²) < 4.78 is 5.42. The van der Waals surface area contributed by atoms with Crippen LogP contribution in [0.4, 0.5) is 0 Å². The lowest BCUT2D eigenvalue weighted by Gasteiger charge is -2.12. The average molecular weight is 451 g/mol. The van der Waals surface area contributed by atoms with Crippen molar-refractivity contribution < 1.29 is 4.52 Å². The molecule has 0 saturated carbocycles. The van der Waals surface area contributed by atoms with Gasteiger partial charge in [-0.25, -0.2) is 4.99 Å². The fraction of sp³-hybridized carbons (Fsp3) is 0.765. The minimum Gasteiger partial charge on any atom is -0.359 e. The summed E-state index contributed by atoms with van der Waals surface area (Å²) in [5.74, 6) is 2.12. The van der Waals surface area contributed by atoms with E-state index in [1.54, 1.807) is 0 Å². The molecular weight excluding hydrogens is 417 g/mol. The molecule has 0 unspecified atom stereocenters. The molecule has 0 fully saturated rings. The monoisotopic (exact) mass is 451 g/mol. The van der Waals surface area contributed by atoms with Crippen LogP contribution in [0.1, 0.15) is 57.4 Å². The number of nitrogens with zero attached hydrogens (tertiary/aromatic N) is 3. The molecule has 0 spiro atoms. The van der Waals surface area contributed by atoms with Crippen LogP contribution in [0.2, 0.25) is 0 Å². The number of halogens is 1. The van der Waals surface area contributed by atoms with E-state index >= 15 is 0 Å². The Kier molecular flexibility index (Phi) is 13.0. The van der Waals surface area contributed by atoms with Crippen molar-refractivity contribution in [3.63, 3.8) is 0 Å². The minimum atomic E-state index is 0. The number of aliphatic imine (C=N–C) groups is 1. The summed E-state index contributed by atoms with van der Waals surface area (Å²) in [7, 11) is 4.17. The van der Waals surface area contributed by atoms with Gasteiger partial charge in [-0.3, -0.25) is 0 Å². The van der Waals surface area contributed by atoms with Crippen LogP contribution in [0.25, 0.3) is 0 Å². The van der Waals surface area contributed by atoms with E-state index in [1.807, 2.05) is 6.07 Å². The maximum atomic E-state index is 5.42. The van der Waals surface area contributed by atoms with Gasteiger partial charge in [0.05, 0.1) is 5.69 Å². The SMILES string of the molecule is CCNC(=NCc1cc(C(CC)CC)no1)NCCCN(C)C.I. The summed E-state index contributed by atoms with van der Waals surface area (Å²) in [6, 6.07) is 2.04. The van der Waals surface area contributed by atoms with Crippen LogP contribution >= 0.6 is 24.0 Å². The molecule has 7 heteroatoms. The molecule has 1 rings (SSSR count). The second-order valence-electron chi connectivity index (χ2n) is 6.01. The highest BCUT2D eigenvalue weighted by Gasteiger charge is 2.12. The van der Waals surface area contributed by atoms with E-state index in [0.29, 0.717) is 12.5 Å². The Hall–Kier alpha value is -0.830. The van der Waals surface area contributed by atoms with Crippen LogP contribution in [0, 0.1) is 0 Å².